The van der Waals surface area contributed by atoms with Crippen LogP contribution in [-0.2, 0) is 15.0 Å². The number of hydroxylamine groups is 1. The molecule has 20 heavy (non-hydrogen) atoms. The van der Waals surface area contributed by atoms with Gasteiger partial charge in [0.1, 0.15) is 0 Å². The third-order valence-corrected chi connectivity index (χ3v) is 5.41. The van der Waals surface area contributed by atoms with Crippen LogP contribution in [0.1, 0.15) is 19.8 Å². The van der Waals surface area contributed by atoms with Crippen molar-refractivity contribution < 1.29 is 23.3 Å². The van der Waals surface area contributed by atoms with E-state index in [2.05, 4.69) is 0 Å². The summed E-state index contributed by atoms with van der Waals surface area (Å²) < 4.78 is 26.8. The first-order valence-electron chi connectivity index (χ1n) is 6.76. The average molecular weight is 309 g/mol. The summed E-state index contributed by atoms with van der Waals surface area (Å²) in [5, 5.41) is 17.6. The van der Waals surface area contributed by atoms with Crippen LogP contribution in [0.15, 0.2) is 0 Å². The van der Waals surface area contributed by atoms with Gasteiger partial charge in [-0.05, 0) is 25.6 Å². The molecule has 1 heterocycles. The second-order valence-corrected chi connectivity index (χ2v) is 6.78. The van der Waals surface area contributed by atoms with Crippen LogP contribution >= 0.6 is 0 Å². The largest absolute Gasteiger partial charge is 0.451 e. The molecule has 1 fully saturated rings. The van der Waals surface area contributed by atoms with Gasteiger partial charge in [-0.2, -0.15) is 12.7 Å². The van der Waals surface area contributed by atoms with Crippen molar-refractivity contribution in [2.24, 2.45) is 11.7 Å². The Morgan fingerprint density at radius 2 is 2.10 bits per heavy atom. The zero-order valence-corrected chi connectivity index (χ0v) is 12.8. The van der Waals surface area contributed by atoms with Crippen LogP contribution in [0.4, 0.5) is 0 Å². The topological polar surface area (TPSA) is 116 Å². The molecule has 0 spiro atoms. The lowest BCUT2D eigenvalue weighted by Crippen LogP contribution is -2.43. The van der Waals surface area contributed by atoms with Crippen LogP contribution in [0.3, 0.4) is 0 Å². The molecule has 1 aliphatic heterocycles. The van der Waals surface area contributed by atoms with E-state index in [1.165, 1.54) is 11.4 Å². The van der Waals surface area contributed by atoms with Crippen molar-refractivity contribution in [2.45, 2.75) is 32.1 Å². The molecule has 2 atom stereocenters. The number of nitrogens with two attached hydrogens (primary N) is 1. The van der Waals surface area contributed by atoms with Crippen LogP contribution in [0.25, 0.3) is 0 Å². The zero-order valence-electron chi connectivity index (χ0n) is 12.0. The third kappa shape index (κ3) is 4.38. The van der Waals surface area contributed by atoms with Crippen LogP contribution in [-0.4, -0.2) is 67.1 Å². The van der Waals surface area contributed by atoms with Crippen LogP contribution < -0.4 is 5.73 Å². The highest BCUT2D eigenvalue weighted by Gasteiger charge is 2.39. The smallest absolute Gasteiger partial charge is 0.427 e. The molecule has 0 unspecified atom stereocenters. The van der Waals surface area contributed by atoms with Crippen molar-refractivity contribution >= 4 is 17.3 Å². The van der Waals surface area contributed by atoms with Crippen molar-refractivity contribution in [1.82, 2.24) is 8.77 Å². The number of nitrogens with zero attached hydrogens (tertiary/aromatic N) is 2. The maximum Gasteiger partial charge on any atom is 0.451 e. The number of hydrogen-bond acceptors (Lipinski definition) is 6. The summed E-state index contributed by atoms with van der Waals surface area (Å²) in [6, 6.07) is -0.240. The summed E-state index contributed by atoms with van der Waals surface area (Å²) in [4.78, 5) is 4.86. The van der Waals surface area contributed by atoms with Crippen molar-refractivity contribution in [3.05, 3.63) is 0 Å². The molecule has 0 aliphatic carbocycles. The Labute approximate surface area is 120 Å². The second kappa shape index (κ2) is 7.69. The highest BCUT2D eigenvalue weighted by atomic mass is 32.2. The van der Waals surface area contributed by atoms with E-state index in [9.17, 15) is 8.42 Å². The SMILES string of the molecule is CCN(OC)S(=O)(=O)N1C[C@H](CCCB(O)O)[C@@H](N)C1. The lowest BCUT2D eigenvalue weighted by molar-refractivity contribution is -0.0493. The first-order valence-corrected chi connectivity index (χ1v) is 8.16. The van der Waals surface area contributed by atoms with E-state index in [4.69, 9.17) is 20.6 Å². The van der Waals surface area contributed by atoms with Gasteiger partial charge < -0.3 is 15.8 Å². The predicted octanol–water partition coefficient (Wildman–Crippen LogP) is -1.37. The van der Waals surface area contributed by atoms with Gasteiger partial charge in [0.05, 0.1) is 7.11 Å². The van der Waals surface area contributed by atoms with E-state index in [-0.39, 0.29) is 31.4 Å². The van der Waals surface area contributed by atoms with E-state index >= 15 is 0 Å². The Balaban J connectivity index is 2.59. The van der Waals surface area contributed by atoms with Gasteiger partial charge >= 0.3 is 17.3 Å². The predicted molar refractivity (Wildman–Crippen MR) is 75.6 cm³/mol. The van der Waals surface area contributed by atoms with Gasteiger partial charge in [-0.15, -0.1) is 0 Å². The molecular formula is C10H24BN3O5S. The molecule has 1 aliphatic rings. The normalized spacial score (nSPS) is 24.5. The van der Waals surface area contributed by atoms with E-state index < -0.39 is 17.3 Å². The Morgan fingerprint density at radius 3 is 2.60 bits per heavy atom. The highest BCUT2D eigenvalue weighted by molar-refractivity contribution is 7.86. The number of rotatable bonds is 8. The third-order valence-electron chi connectivity index (χ3n) is 3.54. The van der Waals surface area contributed by atoms with Gasteiger partial charge in [-0.1, -0.05) is 10.9 Å². The maximum atomic E-state index is 12.3. The molecule has 10 heteroatoms. The van der Waals surface area contributed by atoms with Crippen LogP contribution in [0, 0.1) is 5.92 Å². The van der Waals surface area contributed by atoms with Gasteiger partial charge in [0, 0.05) is 25.7 Å². The van der Waals surface area contributed by atoms with Crippen molar-refractivity contribution in [2.75, 3.05) is 26.7 Å². The molecule has 118 valence electrons. The molecule has 1 rings (SSSR count). The second-order valence-electron chi connectivity index (χ2n) is 4.96. The monoisotopic (exact) mass is 309 g/mol. The van der Waals surface area contributed by atoms with Crippen molar-refractivity contribution in [3.63, 3.8) is 0 Å². The first-order chi connectivity index (χ1) is 9.32. The Hall–Kier alpha value is -0.225. The molecule has 0 bridgehead atoms. The van der Waals surface area contributed by atoms with Crippen LogP contribution in [0.2, 0.25) is 6.32 Å². The van der Waals surface area contributed by atoms with Crippen LogP contribution in [0.5, 0.6) is 0 Å². The quantitative estimate of drug-likeness (QED) is 0.376. The van der Waals surface area contributed by atoms with E-state index in [1.54, 1.807) is 6.92 Å². The molecular weight excluding hydrogens is 285 g/mol. The summed E-state index contributed by atoms with van der Waals surface area (Å²) in [5.74, 6) is 0.0269. The van der Waals surface area contributed by atoms with E-state index in [1.807, 2.05) is 0 Å². The summed E-state index contributed by atoms with van der Waals surface area (Å²) in [7, 11) is -3.65. The Morgan fingerprint density at radius 1 is 1.45 bits per heavy atom. The Kier molecular flexibility index (Phi) is 6.85. The highest BCUT2D eigenvalue weighted by Crippen LogP contribution is 2.25. The van der Waals surface area contributed by atoms with E-state index in [0.717, 1.165) is 4.47 Å². The molecule has 0 aromatic heterocycles. The summed E-state index contributed by atoms with van der Waals surface area (Å²) in [5.41, 5.74) is 5.98. The molecule has 0 radical (unpaired) electrons. The molecule has 8 nitrogen and oxygen atoms in total. The zero-order chi connectivity index (χ0) is 15.3. The summed E-state index contributed by atoms with van der Waals surface area (Å²) in [6.07, 6.45) is 1.55. The molecule has 0 amide bonds. The van der Waals surface area contributed by atoms with Crippen molar-refractivity contribution in [1.29, 1.82) is 0 Å². The lowest BCUT2D eigenvalue weighted by atomic mass is 9.82. The fraction of sp³-hybridized carbons (Fsp3) is 1.00. The molecule has 0 aromatic carbocycles. The minimum Gasteiger partial charge on any atom is -0.427 e. The maximum absolute atomic E-state index is 12.3. The Bertz CT molecular complexity index is 390. The summed E-state index contributed by atoms with van der Waals surface area (Å²) >= 11 is 0. The lowest BCUT2D eigenvalue weighted by Gasteiger charge is -2.24. The first kappa shape index (κ1) is 17.8. The fourth-order valence-corrected chi connectivity index (χ4v) is 3.94. The summed E-state index contributed by atoms with van der Waals surface area (Å²) in [6.45, 7) is 2.52. The van der Waals surface area contributed by atoms with Gasteiger partial charge in [0.25, 0.3) is 0 Å². The fourth-order valence-electron chi connectivity index (χ4n) is 2.43. The van der Waals surface area contributed by atoms with Crippen molar-refractivity contribution in [3.8, 4) is 0 Å². The minimum absolute atomic E-state index is 0.0269. The standard InChI is InChI=1S/C10H24BN3O5S/c1-3-14(19-2)20(17,18)13-7-9(10(12)8-13)5-4-6-11(15)16/h9-10,15-16H,3-8,12H2,1-2H3/t9-,10-/m0/s1. The van der Waals surface area contributed by atoms with Gasteiger partial charge in [0.15, 0.2) is 0 Å². The van der Waals surface area contributed by atoms with Gasteiger partial charge in [-0.25, -0.2) is 0 Å². The van der Waals surface area contributed by atoms with E-state index in [0.29, 0.717) is 19.4 Å². The molecule has 4 N–H and O–H groups in total. The minimum atomic E-state index is -3.64. The molecule has 0 aromatic rings. The molecule has 1 saturated heterocycles. The van der Waals surface area contributed by atoms with Gasteiger partial charge in [-0.3, -0.25) is 4.84 Å². The molecule has 0 saturated carbocycles. The number of hydrogen-bond donors (Lipinski definition) is 3. The van der Waals surface area contributed by atoms with Gasteiger partial charge in [0.2, 0.25) is 0 Å². The average Bonchev–Trinajstić information content (AvgIpc) is 2.72.